The minimum absolute atomic E-state index is 0.0311. The first kappa shape index (κ1) is 20.4. The predicted molar refractivity (Wildman–Crippen MR) is 110 cm³/mol. The Labute approximate surface area is 167 Å². The van der Waals surface area contributed by atoms with E-state index < -0.39 is 0 Å². The summed E-state index contributed by atoms with van der Waals surface area (Å²) in [6.45, 7) is 10.3. The van der Waals surface area contributed by atoms with Crippen LogP contribution in [0, 0.1) is 0 Å². The molecule has 1 heterocycles. The zero-order chi connectivity index (χ0) is 20.3. The number of ether oxygens (including phenoxy) is 1. The molecule has 5 heteroatoms. The number of hydrogen-bond acceptors (Lipinski definition) is 4. The lowest BCUT2D eigenvalue weighted by molar-refractivity contribution is -0.122. The van der Waals surface area contributed by atoms with Gasteiger partial charge in [-0.25, -0.2) is 4.98 Å². The summed E-state index contributed by atoms with van der Waals surface area (Å²) in [7, 11) is 0. The van der Waals surface area contributed by atoms with Crippen LogP contribution in [0.4, 0.5) is 0 Å². The summed E-state index contributed by atoms with van der Waals surface area (Å²) in [4.78, 5) is 16.9. The number of amides is 1. The predicted octanol–water partition coefficient (Wildman–Crippen LogP) is 4.89. The minimum Gasteiger partial charge on any atom is -0.491 e. The van der Waals surface area contributed by atoms with E-state index in [2.05, 4.69) is 43.2 Å². The van der Waals surface area contributed by atoms with Crippen molar-refractivity contribution in [1.29, 1.82) is 0 Å². The Kier molecular flexibility index (Phi) is 6.11. The highest BCUT2D eigenvalue weighted by Gasteiger charge is 2.23. The summed E-state index contributed by atoms with van der Waals surface area (Å²) in [5, 5.41) is 3.20. The average molecular weight is 385 g/mol. The van der Waals surface area contributed by atoms with E-state index in [1.807, 2.05) is 19.9 Å². The van der Waals surface area contributed by atoms with E-state index in [1.54, 1.807) is 6.20 Å². The van der Waals surface area contributed by atoms with Gasteiger partial charge in [0, 0.05) is 18.3 Å². The molecule has 0 fully saturated rings. The third kappa shape index (κ3) is 5.15. The quantitative estimate of drug-likeness (QED) is 0.770. The van der Waals surface area contributed by atoms with Crippen LogP contribution in [-0.4, -0.2) is 17.0 Å². The topological polar surface area (TPSA) is 64.4 Å². The van der Waals surface area contributed by atoms with Crippen molar-refractivity contribution in [3.8, 4) is 5.75 Å². The Morgan fingerprint density at radius 1 is 1.36 bits per heavy atom. The molecule has 152 valence electrons. The number of fused-ring (bicyclic) bond motifs is 1. The highest BCUT2D eigenvalue weighted by atomic mass is 16.5. The largest absolute Gasteiger partial charge is 0.491 e. The molecular weight excluding hydrogens is 352 g/mol. The van der Waals surface area contributed by atoms with Gasteiger partial charge in [0.05, 0.1) is 18.3 Å². The number of aromatic nitrogens is 1. The van der Waals surface area contributed by atoms with Crippen molar-refractivity contribution in [3.05, 3.63) is 47.2 Å². The second-order valence-corrected chi connectivity index (χ2v) is 8.91. The van der Waals surface area contributed by atoms with Crippen LogP contribution in [0.15, 0.2) is 28.8 Å². The minimum atomic E-state index is -0.0743. The van der Waals surface area contributed by atoms with Gasteiger partial charge in [-0.1, -0.05) is 26.8 Å². The number of carbonyl (C=O) groups is 1. The van der Waals surface area contributed by atoms with Crippen LogP contribution in [0.5, 0.6) is 5.75 Å². The van der Waals surface area contributed by atoms with Crippen LogP contribution in [0.3, 0.4) is 0 Å². The summed E-state index contributed by atoms with van der Waals surface area (Å²) in [6.07, 6.45) is 5.87. The fraction of sp³-hybridized carbons (Fsp3) is 0.565. The third-order valence-corrected chi connectivity index (χ3v) is 5.00. The molecule has 1 aliphatic rings. The normalized spacial score (nSPS) is 16.7. The zero-order valence-corrected chi connectivity index (χ0v) is 17.7. The Morgan fingerprint density at radius 2 is 2.14 bits per heavy atom. The van der Waals surface area contributed by atoms with Crippen LogP contribution in [0.2, 0.25) is 0 Å². The van der Waals surface area contributed by atoms with E-state index in [0.29, 0.717) is 18.7 Å². The molecule has 0 spiro atoms. The number of aryl methyl sites for hydroxylation is 2. The van der Waals surface area contributed by atoms with Gasteiger partial charge in [0.1, 0.15) is 11.5 Å². The summed E-state index contributed by atoms with van der Waals surface area (Å²) in [5.41, 5.74) is 2.41. The first-order chi connectivity index (χ1) is 13.2. The van der Waals surface area contributed by atoms with Gasteiger partial charge in [-0.05, 0) is 56.4 Å². The maximum absolute atomic E-state index is 12.5. The van der Waals surface area contributed by atoms with Crippen molar-refractivity contribution in [2.75, 3.05) is 0 Å². The maximum Gasteiger partial charge on any atom is 0.220 e. The molecule has 1 N–H and O–H groups in total. The molecule has 0 bridgehead atoms. The highest BCUT2D eigenvalue weighted by molar-refractivity contribution is 5.76. The van der Waals surface area contributed by atoms with Gasteiger partial charge in [-0.2, -0.15) is 0 Å². The van der Waals surface area contributed by atoms with Crippen molar-refractivity contribution in [1.82, 2.24) is 10.3 Å². The van der Waals surface area contributed by atoms with Gasteiger partial charge in [-0.15, -0.1) is 0 Å². The average Bonchev–Trinajstić information content (AvgIpc) is 3.09. The number of nitrogens with one attached hydrogen (secondary N) is 1. The van der Waals surface area contributed by atoms with E-state index in [4.69, 9.17) is 9.15 Å². The lowest BCUT2D eigenvalue weighted by Crippen LogP contribution is -2.31. The molecule has 1 atom stereocenters. The fourth-order valence-electron chi connectivity index (χ4n) is 3.53. The number of nitrogens with zero attached hydrogens (tertiary/aromatic N) is 1. The van der Waals surface area contributed by atoms with E-state index >= 15 is 0 Å². The summed E-state index contributed by atoms with van der Waals surface area (Å²) >= 11 is 0. The molecule has 1 amide bonds. The molecule has 1 aromatic carbocycles. The molecule has 0 radical (unpaired) electrons. The first-order valence-electron chi connectivity index (χ1n) is 10.3. The van der Waals surface area contributed by atoms with Crippen LogP contribution in [-0.2, 0) is 23.1 Å². The second-order valence-electron chi connectivity index (χ2n) is 8.91. The Bertz CT molecular complexity index is 817. The molecule has 5 nitrogen and oxygen atoms in total. The second kappa shape index (κ2) is 8.38. The smallest absolute Gasteiger partial charge is 0.220 e. The lowest BCUT2D eigenvalue weighted by Gasteiger charge is -2.27. The summed E-state index contributed by atoms with van der Waals surface area (Å²) in [5.74, 6) is 2.37. The van der Waals surface area contributed by atoms with Crippen LogP contribution >= 0.6 is 0 Å². The van der Waals surface area contributed by atoms with E-state index in [-0.39, 0.29) is 23.5 Å². The van der Waals surface area contributed by atoms with Gasteiger partial charge in [0.15, 0.2) is 5.89 Å². The maximum atomic E-state index is 12.5. The molecule has 0 saturated heterocycles. The number of benzene rings is 1. The number of hydrogen-bond donors (Lipinski definition) is 1. The van der Waals surface area contributed by atoms with Gasteiger partial charge in [0.25, 0.3) is 0 Å². The Balaban J connectivity index is 1.61. The van der Waals surface area contributed by atoms with Crippen molar-refractivity contribution in [3.63, 3.8) is 0 Å². The van der Waals surface area contributed by atoms with Crippen molar-refractivity contribution in [2.24, 2.45) is 0 Å². The van der Waals surface area contributed by atoms with Crippen molar-refractivity contribution >= 4 is 5.91 Å². The highest BCUT2D eigenvalue weighted by Crippen LogP contribution is 2.33. The third-order valence-electron chi connectivity index (χ3n) is 5.00. The molecular formula is C23H32N2O3. The molecule has 28 heavy (non-hydrogen) atoms. The Hall–Kier alpha value is -2.30. The molecule has 0 unspecified atom stereocenters. The molecule has 1 aromatic heterocycles. The van der Waals surface area contributed by atoms with Gasteiger partial charge >= 0.3 is 0 Å². The van der Waals surface area contributed by atoms with Crippen molar-refractivity contribution in [2.45, 2.75) is 84.3 Å². The molecule has 1 aliphatic carbocycles. The molecule has 2 aromatic rings. The molecule has 0 saturated carbocycles. The standard InChI is InChI=1S/C23H32N2O3/c1-15(2)27-17-10-9-16-7-6-8-19(18(16)13-17)25-21(26)11-12-22-24-14-20(28-22)23(3,4)5/h9-10,13-15,19H,6-8,11-12H2,1-5H3,(H,25,26)/t19-/m1/s1. The number of oxazole rings is 1. The van der Waals surface area contributed by atoms with Crippen LogP contribution in [0.1, 0.15) is 82.7 Å². The molecule has 3 rings (SSSR count). The van der Waals surface area contributed by atoms with Crippen LogP contribution < -0.4 is 10.1 Å². The van der Waals surface area contributed by atoms with Crippen LogP contribution in [0.25, 0.3) is 0 Å². The Morgan fingerprint density at radius 3 is 2.82 bits per heavy atom. The zero-order valence-electron chi connectivity index (χ0n) is 17.7. The van der Waals surface area contributed by atoms with Gasteiger partial charge < -0.3 is 14.5 Å². The van der Waals surface area contributed by atoms with Gasteiger partial charge in [-0.3, -0.25) is 4.79 Å². The van der Waals surface area contributed by atoms with E-state index in [1.165, 1.54) is 11.1 Å². The SMILES string of the molecule is CC(C)Oc1ccc2c(c1)[C@H](NC(=O)CCc1ncc(C(C)(C)C)o1)CCC2. The number of rotatable bonds is 6. The summed E-state index contributed by atoms with van der Waals surface area (Å²) in [6, 6.07) is 6.29. The fourth-order valence-corrected chi connectivity index (χ4v) is 3.53. The van der Waals surface area contributed by atoms with Gasteiger partial charge in [0.2, 0.25) is 5.91 Å². The number of carbonyl (C=O) groups excluding carboxylic acids is 1. The molecule has 0 aliphatic heterocycles. The van der Waals surface area contributed by atoms with E-state index in [9.17, 15) is 4.79 Å². The summed E-state index contributed by atoms with van der Waals surface area (Å²) < 4.78 is 11.6. The first-order valence-corrected chi connectivity index (χ1v) is 10.3. The van der Waals surface area contributed by atoms with E-state index in [0.717, 1.165) is 30.8 Å². The monoisotopic (exact) mass is 384 g/mol. The van der Waals surface area contributed by atoms with Crippen molar-refractivity contribution < 1.29 is 13.9 Å². The lowest BCUT2D eigenvalue weighted by atomic mass is 9.87.